The summed E-state index contributed by atoms with van der Waals surface area (Å²) in [6.07, 6.45) is 0.117. The van der Waals surface area contributed by atoms with Gasteiger partial charge < -0.3 is 19.4 Å². The summed E-state index contributed by atoms with van der Waals surface area (Å²) in [5, 5.41) is 2.43. The zero-order valence-corrected chi connectivity index (χ0v) is 15.7. The van der Waals surface area contributed by atoms with Crippen LogP contribution in [0.1, 0.15) is 15.9 Å². The van der Waals surface area contributed by atoms with E-state index >= 15 is 0 Å². The molecule has 0 bridgehead atoms. The molecule has 0 fully saturated rings. The molecule has 0 saturated heterocycles. The molecule has 0 radical (unpaired) electrons. The molecule has 28 heavy (non-hydrogen) atoms. The summed E-state index contributed by atoms with van der Waals surface area (Å²) in [4.78, 5) is 24.4. The smallest absolute Gasteiger partial charge is 0.467 e. The maximum atomic E-state index is 13.8. The number of esters is 1. The Morgan fingerprint density at radius 3 is 2.21 bits per heavy atom. The molecule has 2 rings (SSSR count). The molecule has 0 heterocycles. The highest BCUT2D eigenvalue weighted by Gasteiger charge is 2.25. The Morgan fingerprint density at radius 1 is 1.04 bits per heavy atom. The van der Waals surface area contributed by atoms with Gasteiger partial charge in [0.1, 0.15) is 17.7 Å². The van der Waals surface area contributed by atoms with Gasteiger partial charge in [0, 0.05) is 26.7 Å². The average Bonchev–Trinajstić information content (AvgIpc) is 2.68. The lowest BCUT2D eigenvalue weighted by atomic mass is 9.78. The van der Waals surface area contributed by atoms with Crippen LogP contribution in [0.15, 0.2) is 42.5 Å². The Bertz CT molecular complexity index is 828. The van der Waals surface area contributed by atoms with Crippen LogP contribution >= 0.6 is 0 Å². The molecule has 1 N–H and O–H groups in total. The lowest BCUT2D eigenvalue weighted by molar-refractivity contribution is -0.142. The third kappa shape index (κ3) is 5.37. The second kappa shape index (κ2) is 9.96. The highest BCUT2D eigenvalue weighted by atomic mass is 19.1. The SMILES string of the molecule is COB(OC)c1ccc(C[C@@H](NC(=O)c2ccc(F)cc2F)C(=O)OC)cc1. The number of methoxy groups -OCH3 is 1. The van der Waals surface area contributed by atoms with Crippen molar-refractivity contribution in [3.8, 4) is 0 Å². The molecule has 0 unspecified atom stereocenters. The number of benzene rings is 2. The fourth-order valence-corrected chi connectivity index (χ4v) is 2.66. The molecule has 1 amide bonds. The van der Waals surface area contributed by atoms with E-state index in [0.29, 0.717) is 6.07 Å². The first-order chi connectivity index (χ1) is 13.4. The molecule has 9 heteroatoms. The number of halogens is 2. The van der Waals surface area contributed by atoms with E-state index in [1.807, 2.05) is 0 Å². The highest BCUT2D eigenvalue weighted by molar-refractivity contribution is 6.61. The molecule has 1 atom stereocenters. The van der Waals surface area contributed by atoms with Gasteiger partial charge in [-0.05, 0) is 23.2 Å². The number of nitrogens with one attached hydrogen (secondary N) is 1. The number of carbonyl (C=O) groups excluding carboxylic acids is 2. The third-order valence-corrected chi connectivity index (χ3v) is 4.09. The van der Waals surface area contributed by atoms with Crippen molar-refractivity contribution in [2.45, 2.75) is 12.5 Å². The first kappa shape index (κ1) is 21.5. The summed E-state index contributed by atoms with van der Waals surface area (Å²) in [7, 11) is 3.69. The van der Waals surface area contributed by atoms with Crippen molar-refractivity contribution in [1.29, 1.82) is 0 Å². The van der Waals surface area contributed by atoms with Gasteiger partial charge in [-0.3, -0.25) is 4.79 Å². The molecule has 0 aliphatic carbocycles. The Morgan fingerprint density at radius 2 is 1.68 bits per heavy atom. The second-order valence-corrected chi connectivity index (χ2v) is 5.92. The number of amides is 1. The van der Waals surface area contributed by atoms with Crippen LogP contribution in [0.25, 0.3) is 0 Å². The van der Waals surface area contributed by atoms with E-state index in [1.54, 1.807) is 24.3 Å². The molecule has 6 nitrogen and oxygen atoms in total. The predicted molar refractivity (Wildman–Crippen MR) is 99.2 cm³/mol. The van der Waals surface area contributed by atoms with Crippen molar-refractivity contribution in [1.82, 2.24) is 5.32 Å². The van der Waals surface area contributed by atoms with E-state index in [1.165, 1.54) is 21.3 Å². The summed E-state index contributed by atoms with van der Waals surface area (Å²) in [5.74, 6) is -3.35. The highest BCUT2D eigenvalue weighted by Crippen LogP contribution is 2.11. The van der Waals surface area contributed by atoms with Crippen LogP contribution in [-0.4, -0.2) is 46.4 Å². The third-order valence-electron chi connectivity index (χ3n) is 4.09. The van der Waals surface area contributed by atoms with Gasteiger partial charge in [0.15, 0.2) is 0 Å². The minimum absolute atomic E-state index is 0.117. The zero-order valence-electron chi connectivity index (χ0n) is 15.7. The summed E-state index contributed by atoms with van der Waals surface area (Å²) >= 11 is 0. The van der Waals surface area contributed by atoms with Gasteiger partial charge in [-0.1, -0.05) is 24.3 Å². The molecule has 2 aromatic carbocycles. The van der Waals surface area contributed by atoms with Crippen molar-refractivity contribution in [3.63, 3.8) is 0 Å². The molecule has 0 saturated carbocycles. The van der Waals surface area contributed by atoms with Gasteiger partial charge in [-0.25, -0.2) is 13.6 Å². The van der Waals surface area contributed by atoms with Crippen molar-refractivity contribution in [2.24, 2.45) is 0 Å². The van der Waals surface area contributed by atoms with E-state index in [0.717, 1.165) is 23.2 Å². The van der Waals surface area contributed by atoms with Crippen molar-refractivity contribution in [2.75, 3.05) is 21.3 Å². The maximum absolute atomic E-state index is 13.8. The molecule has 0 spiro atoms. The normalized spacial score (nSPS) is 11.6. The predicted octanol–water partition coefficient (Wildman–Crippen LogP) is 1.47. The van der Waals surface area contributed by atoms with Gasteiger partial charge >= 0.3 is 13.1 Å². The largest absolute Gasteiger partial charge is 0.493 e. The van der Waals surface area contributed by atoms with Gasteiger partial charge in [0.2, 0.25) is 0 Å². The summed E-state index contributed by atoms with van der Waals surface area (Å²) in [6, 6.07) is 8.56. The minimum atomic E-state index is -1.05. The van der Waals surface area contributed by atoms with Gasteiger partial charge in [0.25, 0.3) is 5.91 Å². The maximum Gasteiger partial charge on any atom is 0.493 e. The molecule has 2 aromatic rings. The molecule has 0 aliphatic heterocycles. The number of carbonyl (C=O) groups is 2. The average molecular weight is 391 g/mol. The van der Waals surface area contributed by atoms with Crippen molar-refractivity contribution >= 4 is 24.5 Å². The monoisotopic (exact) mass is 391 g/mol. The quantitative estimate of drug-likeness (QED) is 0.545. The zero-order chi connectivity index (χ0) is 20.7. The lowest BCUT2D eigenvalue weighted by Gasteiger charge is -2.17. The molecular weight excluding hydrogens is 371 g/mol. The first-order valence-electron chi connectivity index (χ1n) is 8.37. The minimum Gasteiger partial charge on any atom is -0.467 e. The number of hydrogen-bond donors (Lipinski definition) is 1. The Balaban J connectivity index is 2.15. The standard InChI is InChI=1S/C19H20BF2NO5/c1-26-19(25)17(23-18(24)15-9-8-14(21)11-16(15)22)10-12-4-6-13(7-5-12)20(27-2)28-3/h4-9,11,17H,10H2,1-3H3,(H,23,24)/t17-/m1/s1. The number of ether oxygens (including phenoxy) is 1. The van der Waals surface area contributed by atoms with Crippen molar-refractivity contribution in [3.05, 3.63) is 65.2 Å². The van der Waals surface area contributed by atoms with Gasteiger partial charge in [-0.15, -0.1) is 0 Å². The van der Waals surface area contributed by atoms with Crippen LogP contribution in [0.3, 0.4) is 0 Å². The van der Waals surface area contributed by atoms with Crippen LogP contribution in [0.2, 0.25) is 0 Å². The van der Waals surface area contributed by atoms with E-state index in [2.05, 4.69) is 5.32 Å². The van der Waals surface area contributed by atoms with Crippen LogP contribution in [0.4, 0.5) is 8.78 Å². The second-order valence-electron chi connectivity index (χ2n) is 5.92. The van der Waals surface area contributed by atoms with E-state index in [9.17, 15) is 18.4 Å². The summed E-state index contributed by atoms with van der Waals surface area (Å²) in [6.45, 7) is 0. The Labute approximate surface area is 161 Å². The molecule has 0 aromatic heterocycles. The molecule has 0 aliphatic rings. The Kier molecular flexibility index (Phi) is 7.65. The lowest BCUT2D eigenvalue weighted by Crippen LogP contribution is -2.43. The fourth-order valence-electron chi connectivity index (χ4n) is 2.66. The van der Waals surface area contributed by atoms with Crippen molar-refractivity contribution < 1.29 is 32.4 Å². The molecule has 148 valence electrons. The van der Waals surface area contributed by atoms with E-state index in [-0.39, 0.29) is 12.0 Å². The molecular formula is C19H20BF2NO5. The summed E-state index contributed by atoms with van der Waals surface area (Å²) in [5.41, 5.74) is 1.14. The van der Waals surface area contributed by atoms with Crippen LogP contribution < -0.4 is 10.8 Å². The summed E-state index contributed by atoms with van der Waals surface area (Å²) < 4.78 is 41.9. The number of rotatable bonds is 8. The Hall–Kier alpha value is -2.78. The van der Waals surface area contributed by atoms with Crippen LogP contribution in [0.5, 0.6) is 0 Å². The fraction of sp³-hybridized carbons (Fsp3) is 0.263. The van der Waals surface area contributed by atoms with E-state index in [4.69, 9.17) is 14.0 Å². The number of hydrogen-bond acceptors (Lipinski definition) is 5. The topological polar surface area (TPSA) is 73.9 Å². The van der Waals surface area contributed by atoms with E-state index < -0.39 is 36.7 Å². The first-order valence-corrected chi connectivity index (χ1v) is 8.37. The van der Waals surface area contributed by atoms with Crippen LogP contribution in [-0.2, 0) is 25.3 Å². The van der Waals surface area contributed by atoms with Gasteiger partial charge in [-0.2, -0.15) is 0 Å². The van der Waals surface area contributed by atoms with Gasteiger partial charge in [0.05, 0.1) is 12.7 Å². The van der Waals surface area contributed by atoms with Crippen LogP contribution in [0, 0.1) is 11.6 Å².